The summed E-state index contributed by atoms with van der Waals surface area (Å²) in [4.78, 5) is 6.55. The van der Waals surface area contributed by atoms with Gasteiger partial charge in [-0.15, -0.1) is 0 Å². The monoisotopic (exact) mass is 246 g/mol. The molecule has 1 N–H and O–H groups in total. The van der Waals surface area contributed by atoms with Gasteiger partial charge < -0.3 is 10.0 Å². The Balaban J connectivity index is 2.00. The van der Waals surface area contributed by atoms with E-state index in [1.54, 1.807) is 6.33 Å². The van der Waals surface area contributed by atoms with Gasteiger partial charge in [0.15, 0.2) is 5.65 Å². The molecule has 0 amide bonds. The number of rotatable bonds is 2. The Morgan fingerprint density at radius 3 is 3.17 bits per heavy atom. The highest BCUT2D eigenvalue weighted by molar-refractivity contribution is 5.53. The minimum Gasteiger partial charge on any atom is -0.396 e. The van der Waals surface area contributed by atoms with Crippen LogP contribution in [-0.4, -0.2) is 39.4 Å². The Morgan fingerprint density at radius 1 is 1.44 bits per heavy atom. The molecule has 0 aliphatic carbocycles. The van der Waals surface area contributed by atoms with Crippen molar-refractivity contribution in [3.63, 3.8) is 0 Å². The molecular formula is C13H18N4O. The number of pyridine rings is 1. The molecule has 3 rings (SSSR count). The molecular weight excluding hydrogens is 228 g/mol. The summed E-state index contributed by atoms with van der Waals surface area (Å²) in [6.45, 7) is 4.26. The molecule has 0 aromatic carbocycles. The Morgan fingerprint density at radius 2 is 2.33 bits per heavy atom. The SMILES string of the molecule is Cc1cc(N2CCCC(CO)C2)n2ncnc2c1. The molecule has 1 aliphatic rings. The van der Waals surface area contributed by atoms with Gasteiger partial charge in [-0.25, -0.2) is 4.98 Å². The highest BCUT2D eigenvalue weighted by atomic mass is 16.3. The van der Waals surface area contributed by atoms with Crippen LogP contribution in [0.5, 0.6) is 0 Å². The van der Waals surface area contributed by atoms with Crippen LogP contribution in [0.15, 0.2) is 18.5 Å². The molecule has 3 heterocycles. The number of anilines is 1. The van der Waals surface area contributed by atoms with Crippen LogP contribution in [0.3, 0.4) is 0 Å². The van der Waals surface area contributed by atoms with Crippen LogP contribution in [-0.2, 0) is 0 Å². The third-order valence-electron chi connectivity index (χ3n) is 3.61. The van der Waals surface area contributed by atoms with Crippen LogP contribution in [0.1, 0.15) is 18.4 Å². The first kappa shape index (κ1) is 11.5. The number of aromatic nitrogens is 3. The minimum absolute atomic E-state index is 0.267. The van der Waals surface area contributed by atoms with Gasteiger partial charge in [0, 0.05) is 19.7 Å². The summed E-state index contributed by atoms with van der Waals surface area (Å²) in [5.41, 5.74) is 2.08. The van der Waals surface area contributed by atoms with Gasteiger partial charge in [0.05, 0.1) is 0 Å². The predicted octanol–water partition coefficient (Wildman–Crippen LogP) is 1.25. The second-order valence-electron chi connectivity index (χ2n) is 5.06. The average molecular weight is 246 g/mol. The summed E-state index contributed by atoms with van der Waals surface area (Å²) in [5.74, 6) is 1.46. The van der Waals surface area contributed by atoms with E-state index in [1.807, 2.05) is 10.6 Å². The van der Waals surface area contributed by atoms with Crippen molar-refractivity contribution in [2.75, 3.05) is 24.6 Å². The molecule has 5 heteroatoms. The van der Waals surface area contributed by atoms with Crippen molar-refractivity contribution >= 4 is 11.5 Å². The fraction of sp³-hybridized carbons (Fsp3) is 0.538. The number of hydrogen-bond donors (Lipinski definition) is 1. The predicted molar refractivity (Wildman–Crippen MR) is 69.7 cm³/mol. The first-order valence-electron chi connectivity index (χ1n) is 6.44. The molecule has 18 heavy (non-hydrogen) atoms. The topological polar surface area (TPSA) is 53.7 Å². The van der Waals surface area contributed by atoms with Crippen LogP contribution in [0, 0.1) is 12.8 Å². The number of fused-ring (bicyclic) bond motifs is 1. The van der Waals surface area contributed by atoms with Gasteiger partial charge in [0.1, 0.15) is 12.1 Å². The molecule has 96 valence electrons. The van der Waals surface area contributed by atoms with Gasteiger partial charge in [0.25, 0.3) is 0 Å². The summed E-state index contributed by atoms with van der Waals surface area (Å²) in [6, 6.07) is 4.17. The maximum atomic E-state index is 9.32. The van der Waals surface area contributed by atoms with Gasteiger partial charge in [-0.05, 0) is 43.4 Å². The number of aryl methyl sites for hydroxylation is 1. The van der Waals surface area contributed by atoms with E-state index in [4.69, 9.17) is 0 Å². The third kappa shape index (κ3) is 1.95. The molecule has 1 aliphatic heterocycles. The van der Waals surface area contributed by atoms with Crippen LogP contribution >= 0.6 is 0 Å². The zero-order valence-corrected chi connectivity index (χ0v) is 10.6. The Hall–Kier alpha value is -1.62. The van der Waals surface area contributed by atoms with Crippen LogP contribution < -0.4 is 4.90 Å². The Labute approximate surface area is 106 Å². The fourth-order valence-electron chi connectivity index (χ4n) is 2.68. The zero-order chi connectivity index (χ0) is 12.5. The van der Waals surface area contributed by atoms with Crippen LogP contribution in [0.2, 0.25) is 0 Å². The first-order chi connectivity index (χ1) is 8.78. The molecule has 2 aromatic rings. The summed E-state index contributed by atoms with van der Waals surface area (Å²) < 4.78 is 1.88. The van der Waals surface area contributed by atoms with Crippen molar-refractivity contribution in [2.24, 2.45) is 5.92 Å². The lowest BCUT2D eigenvalue weighted by Gasteiger charge is -2.33. The standard InChI is InChI=1S/C13H18N4O/c1-10-5-12-14-9-15-17(12)13(6-10)16-4-2-3-11(7-16)8-18/h5-6,9,11,18H,2-4,7-8H2,1H3. The second kappa shape index (κ2) is 4.57. The summed E-state index contributed by atoms with van der Waals surface area (Å²) in [7, 11) is 0. The molecule has 1 fully saturated rings. The molecule has 1 atom stereocenters. The van der Waals surface area contributed by atoms with Crippen LogP contribution in [0.4, 0.5) is 5.82 Å². The normalized spacial score (nSPS) is 20.6. The third-order valence-corrected chi connectivity index (χ3v) is 3.61. The van der Waals surface area contributed by atoms with Gasteiger partial charge in [-0.3, -0.25) is 0 Å². The van der Waals surface area contributed by atoms with Crippen molar-refractivity contribution in [3.05, 3.63) is 24.0 Å². The van der Waals surface area contributed by atoms with Gasteiger partial charge in [-0.1, -0.05) is 0 Å². The smallest absolute Gasteiger partial charge is 0.157 e. The molecule has 1 unspecified atom stereocenters. The Bertz CT molecular complexity index is 551. The van der Waals surface area contributed by atoms with E-state index in [1.165, 1.54) is 5.56 Å². The van der Waals surface area contributed by atoms with E-state index in [0.717, 1.165) is 37.4 Å². The lowest BCUT2D eigenvalue weighted by Crippen LogP contribution is -2.38. The van der Waals surface area contributed by atoms with Gasteiger partial charge in [0.2, 0.25) is 0 Å². The number of aliphatic hydroxyl groups excluding tert-OH is 1. The van der Waals surface area contributed by atoms with E-state index >= 15 is 0 Å². The molecule has 1 saturated heterocycles. The maximum absolute atomic E-state index is 9.32. The van der Waals surface area contributed by atoms with E-state index in [-0.39, 0.29) is 6.61 Å². The maximum Gasteiger partial charge on any atom is 0.157 e. The van der Waals surface area contributed by atoms with E-state index in [9.17, 15) is 5.11 Å². The van der Waals surface area contributed by atoms with Crippen molar-refractivity contribution in [1.82, 2.24) is 14.6 Å². The number of hydrogen-bond acceptors (Lipinski definition) is 4. The van der Waals surface area contributed by atoms with E-state index in [0.29, 0.717) is 5.92 Å². The quantitative estimate of drug-likeness (QED) is 0.866. The van der Waals surface area contributed by atoms with Crippen molar-refractivity contribution in [1.29, 1.82) is 0 Å². The van der Waals surface area contributed by atoms with Crippen molar-refractivity contribution in [2.45, 2.75) is 19.8 Å². The number of aliphatic hydroxyl groups is 1. The minimum atomic E-state index is 0.267. The highest BCUT2D eigenvalue weighted by Crippen LogP contribution is 2.24. The first-order valence-corrected chi connectivity index (χ1v) is 6.44. The lowest BCUT2D eigenvalue weighted by molar-refractivity contribution is 0.208. The van der Waals surface area contributed by atoms with E-state index in [2.05, 4.69) is 28.0 Å². The average Bonchev–Trinajstić information content (AvgIpc) is 2.85. The molecule has 0 saturated carbocycles. The summed E-state index contributed by atoms with van der Waals surface area (Å²) in [5, 5.41) is 13.6. The molecule has 2 aromatic heterocycles. The molecule has 0 spiro atoms. The van der Waals surface area contributed by atoms with Crippen molar-refractivity contribution < 1.29 is 5.11 Å². The summed E-state index contributed by atoms with van der Waals surface area (Å²) >= 11 is 0. The lowest BCUT2D eigenvalue weighted by atomic mass is 9.99. The fourth-order valence-corrected chi connectivity index (χ4v) is 2.68. The van der Waals surface area contributed by atoms with Crippen molar-refractivity contribution in [3.8, 4) is 0 Å². The summed E-state index contributed by atoms with van der Waals surface area (Å²) in [6.07, 6.45) is 3.82. The van der Waals surface area contributed by atoms with E-state index < -0.39 is 0 Å². The van der Waals surface area contributed by atoms with Gasteiger partial charge >= 0.3 is 0 Å². The number of piperidine rings is 1. The molecule has 5 nitrogen and oxygen atoms in total. The molecule has 0 bridgehead atoms. The largest absolute Gasteiger partial charge is 0.396 e. The van der Waals surface area contributed by atoms with Crippen LogP contribution in [0.25, 0.3) is 5.65 Å². The zero-order valence-electron chi connectivity index (χ0n) is 10.6. The van der Waals surface area contributed by atoms with Gasteiger partial charge in [-0.2, -0.15) is 9.61 Å². The second-order valence-corrected chi connectivity index (χ2v) is 5.06. The number of nitrogens with zero attached hydrogens (tertiary/aromatic N) is 4. The Kier molecular flexibility index (Phi) is 2.91. The molecule has 0 radical (unpaired) electrons. The highest BCUT2D eigenvalue weighted by Gasteiger charge is 2.21.